The zero-order chi connectivity index (χ0) is 32.3. The number of carbonyl (C=O) groups is 3. The van der Waals surface area contributed by atoms with Crippen LogP contribution in [0.5, 0.6) is 11.5 Å². The van der Waals surface area contributed by atoms with Gasteiger partial charge in [0.05, 0.1) is 12.7 Å². The van der Waals surface area contributed by atoms with Gasteiger partial charge in [-0.2, -0.15) is 0 Å². The molecule has 0 aromatic heterocycles. The van der Waals surface area contributed by atoms with Gasteiger partial charge in [0, 0.05) is 61.2 Å². The van der Waals surface area contributed by atoms with Crippen molar-refractivity contribution in [2.75, 3.05) is 38.7 Å². The number of carbonyl (C=O) groups excluding carboxylic acids is 1. The van der Waals surface area contributed by atoms with Crippen LogP contribution in [0.1, 0.15) is 24.0 Å². The maximum Gasteiger partial charge on any atom is 0.414 e. The lowest BCUT2D eigenvalue weighted by atomic mass is 9.84. The number of benzene rings is 3. The molecule has 1 heterocycles. The first kappa shape index (κ1) is 33.6. The zero-order valence-corrected chi connectivity index (χ0v) is 23.6. The second-order valence-electron chi connectivity index (χ2n) is 9.71. The Morgan fingerprint density at radius 2 is 1.59 bits per heavy atom. The quantitative estimate of drug-likeness (QED) is 0.157. The molecule has 10 nitrogen and oxygen atoms in total. The molecule has 234 valence electrons. The fourth-order valence-electron chi connectivity index (χ4n) is 4.37. The van der Waals surface area contributed by atoms with Gasteiger partial charge in [-0.05, 0) is 30.5 Å². The number of aliphatic hydroxyl groups is 1. The number of hydrogen-bond donors (Lipinski definition) is 4. The number of hydrogen-bond acceptors (Lipinski definition) is 7. The van der Waals surface area contributed by atoms with Crippen molar-refractivity contribution < 1.29 is 52.3 Å². The van der Waals surface area contributed by atoms with Gasteiger partial charge in [-0.15, -0.1) is 0 Å². The number of anilines is 1. The van der Waals surface area contributed by atoms with Crippen LogP contribution < -0.4 is 14.8 Å². The van der Waals surface area contributed by atoms with Crippen molar-refractivity contribution in [1.29, 1.82) is 0 Å². The van der Waals surface area contributed by atoms with E-state index in [4.69, 9.17) is 29.3 Å². The average Bonchev–Trinajstić information content (AvgIpc) is 3.00. The third-order valence-electron chi connectivity index (χ3n) is 6.67. The molecular formula is C31H31F3N2O8. The predicted molar refractivity (Wildman–Crippen MR) is 154 cm³/mol. The summed E-state index contributed by atoms with van der Waals surface area (Å²) in [6.07, 6.45) is 3.23. The number of amides is 1. The molecule has 13 heteroatoms. The molecule has 0 saturated carbocycles. The largest absolute Gasteiger partial charge is 0.497 e. The summed E-state index contributed by atoms with van der Waals surface area (Å²) in [5, 5.41) is 28.4. The Hall–Kier alpha value is -4.88. The zero-order valence-electron chi connectivity index (χ0n) is 23.6. The number of ether oxygens (including phenoxy) is 2. The number of piperidine rings is 1. The van der Waals surface area contributed by atoms with Gasteiger partial charge in [-0.1, -0.05) is 30.3 Å². The number of rotatable bonds is 9. The van der Waals surface area contributed by atoms with Crippen LogP contribution >= 0.6 is 0 Å². The van der Waals surface area contributed by atoms with E-state index in [1.165, 1.54) is 7.11 Å². The van der Waals surface area contributed by atoms with E-state index >= 15 is 0 Å². The Labute approximate surface area is 251 Å². The third kappa shape index (κ3) is 9.85. The lowest BCUT2D eigenvalue weighted by Gasteiger charge is -2.38. The minimum atomic E-state index is -1.82. The van der Waals surface area contributed by atoms with E-state index in [0.717, 1.165) is 36.9 Å². The summed E-state index contributed by atoms with van der Waals surface area (Å²) in [7, 11) is 1.48. The summed E-state index contributed by atoms with van der Waals surface area (Å²) in [5.74, 6) is -6.89. The van der Waals surface area contributed by atoms with Crippen molar-refractivity contribution in [2.24, 2.45) is 0 Å². The highest BCUT2D eigenvalue weighted by molar-refractivity contribution is 6.27. The molecule has 1 amide bonds. The van der Waals surface area contributed by atoms with E-state index in [-0.39, 0.29) is 5.56 Å². The minimum Gasteiger partial charge on any atom is -0.497 e. The fraction of sp³-hybridized carbons (Fsp3) is 0.258. The topological polar surface area (TPSA) is 146 Å². The molecule has 0 atom stereocenters. The van der Waals surface area contributed by atoms with E-state index in [2.05, 4.69) is 10.2 Å². The molecule has 4 N–H and O–H groups in total. The van der Waals surface area contributed by atoms with Gasteiger partial charge >= 0.3 is 11.9 Å². The molecule has 0 unspecified atom stereocenters. The molecule has 0 spiro atoms. The first-order valence-corrected chi connectivity index (χ1v) is 13.3. The van der Waals surface area contributed by atoms with Gasteiger partial charge in [-0.25, -0.2) is 22.8 Å². The molecule has 0 radical (unpaired) electrons. The van der Waals surface area contributed by atoms with Crippen molar-refractivity contribution in [1.82, 2.24) is 4.90 Å². The molecule has 4 rings (SSSR count). The summed E-state index contributed by atoms with van der Waals surface area (Å²) in [6.45, 7) is 2.50. The van der Waals surface area contributed by atoms with Gasteiger partial charge in [0.25, 0.3) is 0 Å². The number of halogens is 3. The molecule has 1 aliphatic heterocycles. The van der Waals surface area contributed by atoms with Crippen LogP contribution in [0.4, 0.5) is 18.9 Å². The van der Waals surface area contributed by atoms with Crippen LogP contribution in [-0.4, -0.2) is 71.4 Å². The Morgan fingerprint density at radius 3 is 2.20 bits per heavy atom. The highest BCUT2D eigenvalue weighted by Gasteiger charge is 2.33. The number of likely N-dealkylation sites (tertiary alicyclic amines) is 1. The predicted octanol–water partition coefficient (Wildman–Crippen LogP) is 4.28. The highest BCUT2D eigenvalue weighted by Crippen LogP contribution is 2.32. The highest BCUT2D eigenvalue weighted by atomic mass is 19.2. The number of carboxylic acids is 2. The second-order valence-corrected chi connectivity index (χ2v) is 9.71. The normalized spacial score (nSPS) is 14.3. The molecule has 0 aliphatic carbocycles. The van der Waals surface area contributed by atoms with Crippen molar-refractivity contribution >= 4 is 29.6 Å². The average molecular weight is 617 g/mol. The second kappa shape index (κ2) is 15.5. The van der Waals surface area contributed by atoms with Crippen molar-refractivity contribution in [3.63, 3.8) is 0 Å². The number of carboxylic acid groups (broad SMARTS) is 2. The standard InChI is InChI=1S/C29H29F3N2O4.C2H2O4/c1-37-24-17-23(33-27(35)8-7-20-15-22(30)16-26(31)28(20)32)18-25(19-24)38-14-13-34-11-9-29(36,10-12-34)21-5-3-2-4-6-21;3-1(4)2(5)6/h2-8,15-19,36H,9-14H2,1H3,(H,33,35);(H,3,4)(H,5,6)/b8-7+;. The Kier molecular flexibility index (Phi) is 11.9. The first-order valence-electron chi connectivity index (χ1n) is 13.3. The molecule has 1 fully saturated rings. The van der Waals surface area contributed by atoms with Crippen LogP contribution in [0.15, 0.2) is 66.7 Å². The van der Waals surface area contributed by atoms with Crippen LogP contribution in [0.25, 0.3) is 6.08 Å². The number of aliphatic carboxylic acids is 2. The molecule has 3 aromatic carbocycles. The smallest absolute Gasteiger partial charge is 0.414 e. The van der Waals surface area contributed by atoms with E-state index in [0.29, 0.717) is 49.2 Å². The summed E-state index contributed by atoms with van der Waals surface area (Å²) in [5.41, 5.74) is 0.102. The van der Waals surface area contributed by atoms with Crippen LogP contribution in [0.2, 0.25) is 0 Å². The SMILES string of the molecule is COc1cc(NC(=O)/C=C/c2cc(F)cc(F)c2F)cc(OCCN2CCC(O)(c3ccccc3)CC2)c1.O=C(O)C(=O)O. The van der Waals surface area contributed by atoms with E-state index in [9.17, 15) is 23.1 Å². The summed E-state index contributed by atoms with van der Waals surface area (Å²) >= 11 is 0. The maximum absolute atomic E-state index is 13.8. The monoisotopic (exact) mass is 616 g/mol. The van der Waals surface area contributed by atoms with Crippen LogP contribution in [0, 0.1) is 17.5 Å². The number of nitrogens with one attached hydrogen (secondary N) is 1. The van der Waals surface area contributed by atoms with Gasteiger partial charge in [-0.3, -0.25) is 9.69 Å². The Morgan fingerprint density at radius 1 is 0.955 bits per heavy atom. The van der Waals surface area contributed by atoms with Gasteiger partial charge in [0.2, 0.25) is 5.91 Å². The number of methoxy groups -OCH3 is 1. The maximum atomic E-state index is 13.8. The molecule has 1 saturated heterocycles. The van der Waals surface area contributed by atoms with Crippen LogP contribution in [0.3, 0.4) is 0 Å². The number of nitrogens with zero attached hydrogens (tertiary/aromatic N) is 1. The van der Waals surface area contributed by atoms with Crippen LogP contribution in [-0.2, 0) is 20.0 Å². The molecule has 3 aromatic rings. The summed E-state index contributed by atoms with van der Waals surface area (Å²) < 4.78 is 51.7. The lowest BCUT2D eigenvalue weighted by Crippen LogP contribution is -2.43. The minimum absolute atomic E-state index is 0.366. The first-order chi connectivity index (χ1) is 20.9. The lowest BCUT2D eigenvalue weighted by molar-refractivity contribution is -0.159. The van der Waals surface area contributed by atoms with E-state index < -0.39 is 40.9 Å². The summed E-state index contributed by atoms with van der Waals surface area (Å²) in [6, 6.07) is 15.8. The van der Waals surface area contributed by atoms with Gasteiger partial charge in [0.1, 0.15) is 23.9 Å². The molecule has 44 heavy (non-hydrogen) atoms. The summed E-state index contributed by atoms with van der Waals surface area (Å²) in [4.78, 5) is 32.8. The van der Waals surface area contributed by atoms with Crippen molar-refractivity contribution in [3.05, 3.63) is 95.3 Å². The molecular weight excluding hydrogens is 585 g/mol. The molecule has 0 bridgehead atoms. The Bertz CT molecular complexity index is 1480. The third-order valence-corrected chi connectivity index (χ3v) is 6.67. The fourth-order valence-corrected chi connectivity index (χ4v) is 4.37. The van der Waals surface area contributed by atoms with E-state index in [1.54, 1.807) is 18.2 Å². The van der Waals surface area contributed by atoms with Gasteiger partial charge in [0.15, 0.2) is 11.6 Å². The Balaban J connectivity index is 0.000000801. The molecule has 1 aliphatic rings. The van der Waals surface area contributed by atoms with Crippen molar-refractivity contribution in [2.45, 2.75) is 18.4 Å². The van der Waals surface area contributed by atoms with E-state index in [1.807, 2.05) is 30.3 Å². The van der Waals surface area contributed by atoms with Gasteiger partial charge < -0.3 is 30.1 Å². The van der Waals surface area contributed by atoms with Crippen molar-refractivity contribution in [3.8, 4) is 11.5 Å².